The molecule has 0 fully saturated rings. The molecule has 0 bridgehead atoms. The Bertz CT molecular complexity index is 3210. The topological polar surface area (TPSA) is 38.5 Å². The third-order valence-electron chi connectivity index (χ3n) is 11.7. The van der Waals surface area contributed by atoms with E-state index in [4.69, 9.17) is 9.72 Å². The van der Waals surface area contributed by atoms with Crippen LogP contribution in [0.5, 0.6) is 11.5 Å². The Balaban J connectivity index is 1.03. The second kappa shape index (κ2) is 14.1. The Morgan fingerprint density at radius 1 is 0.467 bits per heavy atom. The summed E-state index contributed by atoms with van der Waals surface area (Å²) in [5.41, 5.74) is 13.7. The van der Waals surface area contributed by atoms with Gasteiger partial charge in [0.2, 0.25) is 0 Å². The van der Waals surface area contributed by atoms with E-state index in [1.54, 1.807) is 0 Å². The summed E-state index contributed by atoms with van der Waals surface area (Å²) in [6, 6.07) is 66.4. The van der Waals surface area contributed by atoms with Crippen molar-refractivity contribution < 1.29 is 4.74 Å². The molecule has 6 nitrogen and oxygen atoms in total. The van der Waals surface area contributed by atoms with Crippen LogP contribution in [0.3, 0.4) is 0 Å². The van der Waals surface area contributed by atoms with E-state index >= 15 is 0 Å². The minimum atomic E-state index is -0.00219. The molecule has 10 aromatic rings. The molecule has 7 aromatic carbocycles. The smallest absolute Gasteiger partial charge is 0.138 e. The molecule has 6 heteroatoms. The zero-order valence-electron chi connectivity index (χ0n) is 33.8. The molecule has 0 N–H and O–H groups in total. The number of anilines is 4. The van der Waals surface area contributed by atoms with Gasteiger partial charge in [-0.05, 0) is 94.9 Å². The number of hydrogen-bond acceptors (Lipinski definition) is 4. The normalized spacial score (nSPS) is 12.8. The van der Waals surface area contributed by atoms with Crippen LogP contribution in [0.2, 0.25) is 0 Å². The molecule has 0 amide bonds. The lowest BCUT2D eigenvalue weighted by molar-refractivity contribution is 0.483. The monoisotopic (exact) mass is 777 g/mol. The first kappa shape index (κ1) is 35.6. The van der Waals surface area contributed by atoms with E-state index in [1.807, 2.05) is 12.3 Å². The fourth-order valence-electron chi connectivity index (χ4n) is 9.05. The maximum absolute atomic E-state index is 6.83. The molecule has 0 radical (unpaired) electrons. The van der Waals surface area contributed by atoms with E-state index in [0.717, 1.165) is 72.7 Å². The van der Waals surface area contributed by atoms with Crippen molar-refractivity contribution in [3.05, 3.63) is 200 Å². The molecule has 0 aliphatic carbocycles. The van der Waals surface area contributed by atoms with E-state index < -0.39 is 0 Å². The van der Waals surface area contributed by atoms with E-state index in [1.165, 1.54) is 22.6 Å². The molecule has 0 unspecified atom stereocenters. The first-order valence-electron chi connectivity index (χ1n) is 20.6. The van der Waals surface area contributed by atoms with Crippen molar-refractivity contribution >= 4 is 55.6 Å². The zero-order chi connectivity index (χ0) is 40.4. The van der Waals surface area contributed by atoms with Crippen molar-refractivity contribution in [2.45, 2.75) is 26.2 Å². The van der Waals surface area contributed by atoms with E-state index in [-0.39, 0.29) is 5.41 Å². The van der Waals surface area contributed by atoms with Crippen LogP contribution in [0, 0.1) is 0 Å². The summed E-state index contributed by atoms with van der Waals surface area (Å²) >= 11 is 0. The highest BCUT2D eigenvalue weighted by atomic mass is 16.5. The second-order valence-electron chi connectivity index (χ2n) is 16.5. The van der Waals surface area contributed by atoms with Gasteiger partial charge < -0.3 is 19.1 Å². The van der Waals surface area contributed by atoms with Gasteiger partial charge in [-0.1, -0.05) is 124 Å². The van der Waals surface area contributed by atoms with Crippen molar-refractivity contribution in [3.8, 4) is 34.1 Å². The minimum Gasteiger partial charge on any atom is -0.457 e. The number of rotatable bonds is 7. The highest BCUT2D eigenvalue weighted by Gasteiger charge is 2.31. The number of fused-ring (bicyclic) bond motifs is 6. The van der Waals surface area contributed by atoms with Gasteiger partial charge in [0.25, 0.3) is 0 Å². The summed E-state index contributed by atoms with van der Waals surface area (Å²) in [6.07, 6.45) is 1.91. The Morgan fingerprint density at radius 3 is 1.90 bits per heavy atom. The van der Waals surface area contributed by atoms with Gasteiger partial charge in [0.05, 0.1) is 33.4 Å². The lowest BCUT2D eigenvalue weighted by Gasteiger charge is -2.29. The maximum atomic E-state index is 6.83. The summed E-state index contributed by atoms with van der Waals surface area (Å²) in [5.74, 6) is 2.36. The fourth-order valence-corrected chi connectivity index (χ4v) is 9.05. The Labute approximate surface area is 349 Å². The van der Waals surface area contributed by atoms with Crippen molar-refractivity contribution in [2.75, 3.05) is 16.5 Å². The van der Waals surface area contributed by atoms with Crippen LogP contribution in [0.1, 0.15) is 26.3 Å². The minimum absolute atomic E-state index is 0.00219. The first-order valence-corrected chi connectivity index (χ1v) is 20.6. The largest absolute Gasteiger partial charge is 0.457 e. The molecule has 0 spiro atoms. The van der Waals surface area contributed by atoms with Crippen LogP contribution in [-0.4, -0.2) is 20.8 Å². The lowest BCUT2D eigenvalue weighted by atomic mass is 9.85. The number of hydrogen-bond donors (Lipinski definition) is 0. The molecule has 4 heterocycles. The molecule has 290 valence electrons. The summed E-state index contributed by atoms with van der Waals surface area (Å²) in [7, 11) is 0. The predicted octanol–water partition coefficient (Wildman–Crippen LogP) is 14.1. The number of ether oxygens (including phenoxy) is 1. The van der Waals surface area contributed by atoms with Gasteiger partial charge in [0.15, 0.2) is 0 Å². The van der Waals surface area contributed by atoms with Crippen molar-refractivity contribution in [2.24, 2.45) is 0 Å². The summed E-state index contributed by atoms with van der Waals surface area (Å²) in [5, 5.41) is 2.27. The van der Waals surface area contributed by atoms with Crippen molar-refractivity contribution in [3.63, 3.8) is 0 Å². The zero-order valence-corrected chi connectivity index (χ0v) is 33.8. The van der Waals surface area contributed by atoms with Gasteiger partial charge >= 0.3 is 0 Å². The Morgan fingerprint density at radius 2 is 1.10 bits per heavy atom. The molecule has 1 aliphatic rings. The van der Waals surface area contributed by atoms with Crippen molar-refractivity contribution in [1.82, 2.24) is 14.1 Å². The number of pyridine rings is 1. The van der Waals surface area contributed by atoms with Crippen LogP contribution >= 0.6 is 0 Å². The SMILES string of the molecule is CC(C)(C)c1ccccc1N1CN(c2cccc(Oc3ccc4c(c3)n(-c3cc(-c5ccccc5)ccn3)c3c5ccccc5n(-c5ccccc5)c43)c2)c2ccccc21. The van der Waals surface area contributed by atoms with E-state index in [9.17, 15) is 0 Å². The van der Waals surface area contributed by atoms with E-state index in [2.05, 4.69) is 222 Å². The molecular formula is C54H43N5O. The van der Waals surface area contributed by atoms with Gasteiger partial charge in [-0.15, -0.1) is 0 Å². The molecule has 11 rings (SSSR count). The maximum Gasteiger partial charge on any atom is 0.138 e. The van der Waals surface area contributed by atoms with Crippen LogP contribution < -0.4 is 14.5 Å². The first-order chi connectivity index (χ1) is 29.4. The van der Waals surface area contributed by atoms with Gasteiger partial charge in [-0.2, -0.15) is 0 Å². The fraction of sp³-hybridized carbons (Fsp3) is 0.0926. The average Bonchev–Trinajstić information content (AvgIpc) is 3.95. The highest BCUT2D eigenvalue weighted by Crippen LogP contribution is 2.47. The Hall–Kier alpha value is -7.57. The van der Waals surface area contributed by atoms with Crippen LogP contribution in [0.4, 0.5) is 22.7 Å². The third-order valence-corrected chi connectivity index (χ3v) is 11.7. The molecule has 0 saturated carbocycles. The Kier molecular flexibility index (Phi) is 8.34. The van der Waals surface area contributed by atoms with Gasteiger partial charge in [0, 0.05) is 46.2 Å². The standard InChI is InChI=1S/C54H43N5O/c1-54(2,3)45-24-11-13-26-47(45)57-36-56(48-27-14-15-28-49(48)57)40-21-16-22-41(34-40)60-42-29-30-44-50(35-42)59(51-33-38(31-32-55-51)37-17-6-4-7-18-37)53-43-23-10-12-25-46(43)58(52(44)53)39-19-8-5-9-20-39/h4-35H,36H2,1-3H3. The quantitative estimate of drug-likeness (QED) is 0.162. The molecule has 0 saturated heterocycles. The number of benzene rings is 7. The number of nitrogens with zero attached hydrogens (tertiary/aromatic N) is 5. The molecule has 60 heavy (non-hydrogen) atoms. The molecule has 1 aliphatic heterocycles. The van der Waals surface area contributed by atoms with Crippen LogP contribution in [0.25, 0.3) is 55.5 Å². The molecule has 3 aromatic heterocycles. The third kappa shape index (κ3) is 5.91. The lowest BCUT2D eigenvalue weighted by Crippen LogP contribution is -2.26. The van der Waals surface area contributed by atoms with Crippen LogP contribution in [-0.2, 0) is 5.41 Å². The molecular weight excluding hydrogens is 735 g/mol. The van der Waals surface area contributed by atoms with Gasteiger partial charge in [-0.3, -0.25) is 4.57 Å². The highest BCUT2D eigenvalue weighted by molar-refractivity contribution is 6.20. The van der Waals surface area contributed by atoms with E-state index in [0.29, 0.717) is 6.67 Å². The van der Waals surface area contributed by atoms with Crippen LogP contribution in [0.15, 0.2) is 194 Å². The van der Waals surface area contributed by atoms with Crippen molar-refractivity contribution in [1.29, 1.82) is 0 Å². The predicted molar refractivity (Wildman–Crippen MR) is 248 cm³/mol. The van der Waals surface area contributed by atoms with Gasteiger partial charge in [-0.25, -0.2) is 4.98 Å². The summed E-state index contributed by atoms with van der Waals surface area (Å²) in [4.78, 5) is 9.84. The number of para-hydroxylation sites is 5. The summed E-state index contributed by atoms with van der Waals surface area (Å²) < 4.78 is 11.5. The molecule has 0 atom stereocenters. The second-order valence-corrected chi connectivity index (χ2v) is 16.5. The average molecular weight is 778 g/mol. The summed E-state index contributed by atoms with van der Waals surface area (Å²) in [6.45, 7) is 7.54. The van der Waals surface area contributed by atoms with Gasteiger partial charge in [0.1, 0.15) is 24.0 Å². The number of aromatic nitrogens is 3.